The van der Waals surface area contributed by atoms with Gasteiger partial charge in [0.05, 0.1) is 25.0 Å². The van der Waals surface area contributed by atoms with Crippen molar-refractivity contribution in [3.63, 3.8) is 0 Å². The largest absolute Gasteiger partial charge is 0.383 e. The Hall–Kier alpha value is -0.660. The van der Waals surface area contributed by atoms with Crippen molar-refractivity contribution >= 4 is 37.5 Å². The van der Waals surface area contributed by atoms with Crippen LogP contribution in [0.3, 0.4) is 0 Å². The van der Waals surface area contributed by atoms with Gasteiger partial charge in [-0.3, -0.25) is 4.79 Å². The first-order chi connectivity index (χ1) is 8.06. The minimum absolute atomic E-state index is 0.188. The average molecular weight is 367 g/mol. The van der Waals surface area contributed by atoms with Crippen molar-refractivity contribution in [2.75, 3.05) is 25.6 Å². The molecule has 1 N–H and O–H groups in total. The minimum Gasteiger partial charge on any atom is -0.383 e. The molecule has 5 nitrogen and oxygen atoms in total. The lowest BCUT2D eigenvalue weighted by atomic mass is 10.4. The molecular formula is C10H13Br2N3O2. The van der Waals surface area contributed by atoms with E-state index < -0.39 is 0 Å². The van der Waals surface area contributed by atoms with Gasteiger partial charge >= 0.3 is 0 Å². The van der Waals surface area contributed by atoms with E-state index in [1.54, 1.807) is 13.3 Å². The zero-order valence-electron chi connectivity index (χ0n) is 9.37. The van der Waals surface area contributed by atoms with Gasteiger partial charge in [0.2, 0.25) is 0 Å². The normalized spacial score (nSPS) is 10.3. The number of halogens is 2. The quantitative estimate of drug-likeness (QED) is 0.836. The van der Waals surface area contributed by atoms with E-state index in [0.717, 1.165) is 4.48 Å². The maximum absolute atomic E-state index is 11.9. The van der Waals surface area contributed by atoms with Crippen molar-refractivity contribution in [3.8, 4) is 0 Å². The lowest BCUT2D eigenvalue weighted by Gasteiger charge is -2.09. The van der Waals surface area contributed by atoms with E-state index in [1.165, 1.54) is 4.68 Å². The van der Waals surface area contributed by atoms with Crippen LogP contribution < -0.4 is 10.9 Å². The zero-order valence-corrected chi connectivity index (χ0v) is 12.5. The van der Waals surface area contributed by atoms with Crippen LogP contribution >= 0.6 is 31.9 Å². The van der Waals surface area contributed by atoms with Crippen LogP contribution in [0.5, 0.6) is 0 Å². The Kier molecular flexibility index (Phi) is 5.87. The summed E-state index contributed by atoms with van der Waals surface area (Å²) in [7, 11) is 1.58. The van der Waals surface area contributed by atoms with Crippen LogP contribution in [0.2, 0.25) is 0 Å². The smallest absolute Gasteiger partial charge is 0.283 e. The summed E-state index contributed by atoms with van der Waals surface area (Å²) in [4.78, 5) is 11.9. The van der Waals surface area contributed by atoms with E-state index in [-0.39, 0.29) is 5.56 Å². The highest BCUT2D eigenvalue weighted by molar-refractivity contribution is 9.11. The Bertz CT molecular complexity index is 459. The fourth-order valence-electron chi connectivity index (χ4n) is 1.12. The molecule has 0 saturated carbocycles. The summed E-state index contributed by atoms with van der Waals surface area (Å²) in [5, 5.41) is 7.08. The number of methoxy groups -OCH3 is 1. The first-order valence-electron chi connectivity index (χ1n) is 4.88. The van der Waals surface area contributed by atoms with Crippen LogP contribution in [0.1, 0.15) is 0 Å². The molecule has 0 fully saturated rings. The van der Waals surface area contributed by atoms with Crippen molar-refractivity contribution in [1.82, 2.24) is 9.78 Å². The molecule has 1 heterocycles. The number of hydrogen-bond donors (Lipinski definition) is 1. The molecule has 0 atom stereocenters. The van der Waals surface area contributed by atoms with E-state index in [4.69, 9.17) is 4.74 Å². The van der Waals surface area contributed by atoms with E-state index >= 15 is 0 Å². The van der Waals surface area contributed by atoms with Crippen molar-refractivity contribution in [3.05, 3.63) is 32.1 Å². The topological polar surface area (TPSA) is 56.1 Å². The van der Waals surface area contributed by atoms with Crippen molar-refractivity contribution in [1.29, 1.82) is 0 Å². The molecule has 0 unspecified atom stereocenters. The van der Waals surface area contributed by atoms with Crippen LogP contribution in [0.15, 0.2) is 26.5 Å². The molecule has 0 bridgehead atoms. The van der Waals surface area contributed by atoms with Gasteiger partial charge in [0.1, 0.15) is 4.47 Å². The first kappa shape index (κ1) is 14.4. The molecule has 0 aliphatic heterocycles. The van der Waals surface area contributed by atoms with Gasteiger partial charge in [-0.25, -0.2) is 4.68 Å². The molecule has 0 spiro atoms. The van der Waals surface area contributed by atoms with Crippen LogP contribution in [-0.2, 0) is 11.3 Å². The van der Waals surface area contributed by atoms with E-state index in [9.17, 15) is 4.79 Å². The van der Waals surface area contributed by atoms with Crippen LogP contribution in [0.25, 0.3) is 0 Å². The fraction of sp³-hybridized carbons (Fsp3) is 0.400. The first-order valence-corrected chi connectivity index (χ1v) is 6.46. The highest BCUT2D eigenvalue weighted by Crippen LogP contribution is 2.16. The van der Waals surface area contributed by atoms with Crippen molar-refractivity contribution in [2.45, 2.75) is 6.54 Å². The maximum atomic E-state index is 11.9. The molecule has 0 amide bonds. The summed E-state index contributed by atoms with van der Waals surface area (Å²) in [6, 6.07) is 0. The summed E-state index contributed by atoms with van der Waals surface area (Å²) in [5.41, 5.74) is 0.455. The molecule has 0 aromatic carbocycles. The van der Waals surface area contributed by atoms with Crippen molar-refractivity contribution in [2.24, 2.45) is 0 Å². The lowest BCUT2D eigenvalue weighted by Crippen LogP contribution is -2.26. The van der Waals surface area contributed by atoms with Gasteiger partial charge < -0.3 is 10.1 Å². The molecule has 17 heavy (non-hydrogen) atoms. The van der Waals surface area contributed by atoms with Gasteiger partial charge in [-0.2, -0.15) is 5.10 Å². The Morgan fingerprint density at radius 3 is 3.00 bits per heavy atom. The lowest BCUT2D eigenvalue weighted by molar-refractivity contribution is 0.181. The number of aromatic nitrogens is 2. The number of anilines is 1. The van der Waals surface area contributed by atoms with Gasteiger partial charge in [0, 0.05) is 18.1 Å². The van der Waals surface area contributed by atoms with Crippen molar-refractivity contribution < 1.29 is 4.74 Å². The highest BCUT2D eigenvalue weighted by Gasteiger charge is 2.08. The molecule has 7 heteroatoms. The van der Waals surface area contributed by atoms with Gasteiger partial charge in [0.15, 0.2) is 0 Å². The summed E-state index contributed by atoms with van der Waals surface area (Å²) >= 11 is 6.48. The number of nitrogens with zero attached hydrogens (tertiary/aromatic N) is 2. The monoisotopic (exact) mass is 365 g/mol. The van der Waals surface area contributed by atoms with Crippen LogP contribution in [0.4, 0.5) is 5.69 Å². The van der Waals surface area contributed by atoms with Crippen LogP contribution in [0, 0.1) is 0 Å². The zero-order chi connectivity index (χ0) is 12.8. The molecule has 0 saturated heterocycles. The van der Waals surface area contributed by atoms with Crippen LogP contribution in [-0.4, -0.2) is 30.0 Å². The Morgan fingerprint density at radius 2 is 2.41 bits per heavy atom. The second kappa shape index (κ2) is 6.93. The summed E-state index contributed by atoms with van der Waals surface area (Å²) < 4.78 is 7.51. The predicted octanol–water partition coefficient (Wildman–Crippen LogP) is 1.97. The number of nitrogens with one attached hydrogen (secondary N) is 1. The fourth-order valence-corrected chi connectivity index (χ4v) is 1.70. The van der Waals surface area contributed by atoms with Gasteiger partial charge in [-0.15, -0.1) is 0 Å². The molecule has 0 aliphatic rings. The summed E-state index contributed by atoms with van der Waals surface area (Å²) in [6.45, 7) is 5.11. The molecule has 94 valence electrons. The maximum Gasteiger partial charge on any atom is 0.283 e. The van der Waals surface area contributed by atoms with E-state index in [1.807, 2.05) is 0 Å². The van der Waals surface area contributed by atoms with Gasteiger partial charge in [0.25, 0.3) is 5.56 Å². The molecule has 0 radical (unpaired) electrons. The second-order valence-electron chi connectivity index (χ2n) is 3.26. The summed E-state index contributed by atoms with van der Waals surface area (Å²) in [6.07, 6.45) is 1.59. The Morgan fingerprint density at radius 1 is 1.71 bits per heavy atom. The number of ether oxygens (including phenoxy) is 1. The predicted molar refractivity (Wildman–Crippen MR) is 74.6 cm³/mol. The second-order valence-corrected chi connectivity index (χ2v) is 5.18. The average Bonchev–Trinajstić information content (AvgIpc) is 2.29. The Labute approximate surface area is 116 Å². The molecule has 1 aromatic rings. The third kappa shape index (κ3) is 4.25. The van der Waals surface area contributed by atoms with Gasteiger partial charge in [-0.05, 0) is 15.9 Å². The third-order valence-corrected chi connectivity index (χ3v) is 3.01. The van der Waals surface area contributed by atoms with E-state index in [2.05, 4.69) is 48.9 Å². The molecule has 0 aliphatic carbocycles. The summed E-state index contributed by atoms with van der Waals surface area (Å²) in [5.74, 6) is 0. The van der Waals surface area contributed by atoms with E-state index in [0.29, 0.717) is 29.9 Å². The Balaban J connectivity index is 2.86. The molecule has 1 aromatic heterocycles. The highest BCUT2D eigenvalue weighted by atomic mass is 79.9. The standard InChI is InChI=1S/C10H13Br2N3O2/c1-7(11)5-13-8-6-14-15(3-4-17-2)10(16)9(8)12/h6,13H,1,3-5H2,2H3. The SMILES string of the molecule is C=C(Br)CNc1cnn(CCOC)c(=O)c1Br. The number of hydrogen-bond acceptors (Lipinski definition) is 4. The number of rotatable bonds is 6. The molecule has 1 rings (SSSR count). The third-order valence-electron chi connectivity index (χ3n) is 1.96. The minimum atomic E-state index is -0.188. The van der Waals surface area contributed by atoms with Gasteiger partial charge in [-0.1, -0.05) is 22.5 Å². The molecular weight excluding hydrogens is 354 g/mol.